The normalized spacial score (nSPS) is 25.7. The van der Waals surface area contributed by atoms with Gasteiger partial charge in [0.25, 0.3) is 0 Å². The van der Waals surface area contributed by atoms with Crippen molar-refractivity contribution in [2.45, 2.75) is 36.8 Å². The van der Waals surface area contributed by atoms with Crippen LogP contribution in [-0.2, 0) is 10.2 Å². The van der Waals surface area contributed by atoms with Gasteiger partial charge in [-0.05, 0) is 43.5 Å². The van der Waals surface area contributed by atoms with Gasteiger partial charge in [0, 0.05) is 6.54 Å². The number of hydrogen-bond acceptors (Lipinski definition) is 4. The number of rotatable bonds is 4. The monoisotopic (exact) mass is 326 g/mol. The molecule has 2 aliphatic rings. The van der Waals surface area contributed by atoms with Crippen molar-refractivity contribution in [2.24, 2.45) is 0 Å². The molecule has 22 heavy (non-hydrogen) atoms. The standard InChI is InChI=1S/C16H22N2O3.ClH/c1-21-12-4-2-11(3-5-12)16(7-8-16)15(20)18-13-6-9-17-10-14(13)19;/h2-5,13-14,17,19H,6-10H2,1H3,(H,18,20);1H/t13-,14-;/m1./s1. The first kappa shape index (κ1) is 17.1. The van der Waals surface area contributed by atoms with E-state index in [2.05, 4.69) is 10.6 Å². The second-order valence-electron chi connectivity index (χ2n) is 5.95. The zero-order valence-corrected chi connectivity index (χ0v) is 13.5. The summed E-state index contributed by atoms with van der Waals surface area (Å²) in [6, 6.07) is 7.56. The van der Waals surface area contributed by atoms with Crippen LogP contribution in [0.5, 0.6) is 5.75 Å². The average Bonchev–Trinajstić information content (AvgIpc) is 3.31. The molecule has 0 spiro atoms. The average molecular weight is 327 g/mol. The molecule has 0 unspecified atom stereocenters. The number of piperidine rings is 1. The largest absolute Gasteiger partial charge is 0.497 e. The third-order valence-electron chi connectivity index (χ3n) is 4.59. The Balaban J connectivity index is 0.00000176. The molecule has 2 fully saturated rings. The molecule has 1 saturated carbocycles. The van der Waals surface area contributed by atoms with Crippen LogP contribution < -0.4 is 15.4 Å². The van der Waals surface area contributed by atoms with Gasteiger partial charge in [-0.2, -0.15) is 0 Å². The maximum atomic E-state index is 12.6. The number of carbonyl (C=O) groups is 1. The predicted molar refractivity (Wildman–Crippen MR) is 86.6 cm³/mol. The third kappa shape index (κ3) is 3.21. The summed E-state index contributed by atoms with van der Waals surface area (Å²) in [7, 11) is 1.63. The lowest BCUT2D eigenvalue weighted by molar-refractivity contribution is -0.125. The van der Waals surface area contributed by atoms with E-state index >= 15 is 0 Å². The molecule has 1 amide bonds. The van der Waals surface area contributed by atoms with Crippen LogP contribution >= 0.6 is 12.4 Å². The fourth-order valence-corrected chi connectivity index (χ4v) is 3.00. The first-order chi connectivity index (χ1) is 10.2. The lowest BCUT2D eigenvalue weighted by atomic mass is 9.93. The zero-order chi connectivity index (χ0) is 14.9. The molecule has 122 valence electrons. The van der Waals surface area contributed by atoms with Crippen molar-refractivity contribution in [3.05, 3.63) is 29.8 Å². The van der Waals surface area contributed by atoms with Crippen LogP contribution in [0, 0.1) is 0 Å². The van der Waals surface area contributed by atoms with Crippen LogP contribution in [0.4, 0.5) is 0 Å². The van der Waals surface area contributed by atoms with Gasteiger partial charge >= 0.3 is 0 Å². The van der Waals surface area contributed by atoms with Crippen LogP contribution in [0.3, 0.4) is 0 Å². The van der Waals surface area contributed by atoms with E-state index in [0.29, 0.717) is 6.54 Å². The molecule has 1 aliphatic carbocycles. The van der Waals surface area contributed by atoms with E-state index in [9.17, 15) is 9.90 Å². The molecular formula is C16H23ClN2O3. The van der Waals surface area contributed by atoms with Crippen molar-refractivity contribution in [3.8, 4) is 5.75 Å². The molecule has 1 saturated heterocycles. The van der Waals surface area contributed by atoms with Crippen LogP contribution in [0.15, 0.2) is 24.3 Å². The Hall–Kier alpha value is -1.30. The minimum Gasteiger partial charge on any atom is -0.497 e. The molecule has 6 heteroatoms. The van der Waals surface area contributed by atoms with Gasteiger partial charge in [0.2, 0.25) is 5.91 Å². The molecule has 5 nitrogen and oxygen atoms in total. The van der Waals surface area contributed by atoms with Crippen LogP contribution in [-0.4, -0.2) is 43.4 Å². The Morgan fingerprint density at radius 2 is 2.05 bits per heavy atom. The number of aliphatic hydroxyl groups is 1. The predicted octanol–water partition coefficient (Wildman–Crippen LogP) is 0.988. The van der Waals surface area contributed by atoms with Gasteiger partial charge < -0.3 is 20.5 Å². The van der Waals surface area contributed by atoms with Crippen LogP contribution in [0.25, 0.3) is 0 Å². The molecule has 2 atom stereocenters. The van der Waals surface area contributed by atoms with Crippen LogP contribution in [0.2, 0.25) is 0 Å². The molecule has 0 radical (unpaired) electrons. The minimum atomic E-state index is -0.505. The van der Waals surface area contributed by atoms with Gasteiger partial charge in [0.1, 0.15) is 5.75 Å². The Bertz CT molecular complexity index is 517. The van der Waals surface area contributed by atoms with Crippen molar-refractivity contribution in [2.75, 3.05) is 20.2 Å². The third-order valence-corrected chi connectivity index (χ3v) is 4.59. The smallest absolute Gasteiger partial charge is 0.230 e. The molecule has 3 N–H and O–H groups in total. The summed E-state index contributed by atoms with van der Waals surface area (Å²) in [5.41, 5.74) is 0.626. The second-order valence-corrected chi connectivity index (χ2v) is 5.95. The van der Waals surface area contributed by atoms with Gasteiger partial charge in [-0.1, -0.05) is 12.1 Å². The highest BCUT2D eigenvalue weighted by atomic mass is 35.5. The summed E-state index contributed by atoms with van der Waals surface area (Å²) in [6.45, 7) is 1.37. The van der Waals surface area contributed by atoms with E-state index in [1.807, 2.05) is 24.3 Å². The lowest BCUT2D eigenvalue weighted by Crippen LogP contribution is -2.54. The number of aliphatic hydroxyl groups excluding tert-OH is 1. The summed E-state index contributed by atoms with van der Waals surface area (Å²) < 4.78 is 5.16. The highest BCUT2D eigenvalue weighted by molar-refractivity contribution is 5.91. The van der Waals surface area contributed by atoms with Crippen molar-refractivity contribution >= 4 is 18.3 Å². The topological polar surface area (TPSA) is 70.6 Å². The Morgan fingerprint density at radius 3 is 2.59 bits per heavy atom. The van der Waals surface area contributed by atoms with E-state index in [0.717, 1.165) is 37.1 Å². The van der Waals surface area contributed by atoms with E-state index in [1.165, 1.54) is 0 Å². The summed E-state index contributed by atoms with van der Waals surface area (Å²) in [5, 5.41) is 16.1. The maximum Gasteiger partial charge on any atom is 0.230 e. The summed E-state index contributed by atoms with van der Waals surface area (Å²) >= 11 is 0. The van der Waals surface area contributed by atoms with E-state index < -0.39 is 11.5 Å². The van der Waals surface area contributed by atoms with Gasteiger partial charge in [0.15, 0.2) is 0 Å². The van der Waals surface area contributed by atoms with Crippen molar-refractivity contribution in [1.29, 1.82) is 0 Å². The number of benzene rings is 1. The lowest BCUT2D eigenvalue weighted by Gasteiger charge is -2.30. The highest BCUT2D eigenvalue weighted by Crippen LogP contribution is 2.48. The molecule has 1 aromatic carbocycles. The summed E-state index contributed by atoms with van der Waals surface area (Å²) in [6.07, 6.45) is 2.00. The van der Waals surface area contributed by atoms with Crippen LogP contribution in [0.1, 0.15) is 24.8 Å². The number of β-amino-alcohol motifs (C(OH)–C–C–N with tert-alkyl or cyclic N) is 1. The van der Waals surface area contributed by atoms with Gasteiger partial charge in [-0.3, -0.25) is 4.79 Å². The number of methoxy groups -OCH3 is 1. The Labute approximate surface area is 136 Å². The molecule has 0 bridgehead atoms. The molecular weight excluding hydrogens is 304 g/mol. The van der Waals surface area contributed by atoms with Crippen molar-refractivity contribution in [3.63, 3.8) is 0 Å². The molecule has 1 aliphatic heterocycles. The maximum absolute atomic E-state index is 12.6. The Kier molecular flexibility index (Phi) is 5.32. The molecule has 3 rings (SSSR count). The molecule has 0 aromatic heterocycles. The van der Waals surface area contributed by atoms with Gasteiger partial charge in [-0.15, -0.1) is 12.4 Å². The van der Waals surface area contributed by atoms with E-state index in [-0.39, 0.29) is 24.4 Å². The second kappa shape index (κ2) is 6.86. The number of amides is 1. The fraction of sp³-hybridized carbons (Fsp3) is 0.562. The molecule has 1 heterocycles. The fourth-order valence-electron chi connectivity index (χ4n) is 3.00. The number of hydrogen-bond donors (Lipinski definition) is 3. The zero-order valence-electron chi connectivity index (χ0n) is 12.7. The summed E-state index contributed by atoms with van der Waals surface area (Å²) in [4.78, 5) is 12.6. The number of ether oxygens (including phenoxy) is 1. The number of halogens is 1. The number of nitrogens with one attached hydrogen (secondary N) is 2. The SMILES string of the molecule is COc1ccc(C2(C(=O)N[C@@H]3CCNC[C@H]3O)CC2)cc1.Cl. The molecule has 1 aromatic rings. The minimum absolute atomic E-state index is 0. The first-order valence-corrected chi connectivity index (χ1v) is 7.50. The summed E-state index contributed by atoms with van der Waals surface area (Å²) in [5.74, 6) is 0.836. The Morgan fingerprint density at radius 1 is 1.36 bits per heavy atom. The van der Waals surface area contributed by atoms with E-state index in [1.54, 1.807) is 7.11 Å². The van der Waals surface area contributed by atoms with Gasteiger partial charge in [-0.25, -0.2) is 0 Å². The van der Waals surface area contributed by atoms with Crippen molar-refractivity contribution in [1.82, 2.24) is 10.6 Å². The quantitative estimate of drug-likeness (QED) is 0.771. The highest BCUT2D eigenvalue weighted by Gasteiger charge is 2.51. The van der Waals surface area contributed by atoms with Gasteiger partial charge in [0.05, 0.1) is 24.7 Å². The first-order valence-electron chi connectivity index (χ1n) is 7.50. The van der Waals surface area contributed by atoms with Crippen molar-refractivity contribution < 1.29 is 14.6 Å². The van der Waals surface area contributed by atoms with E-state index in [4.69, 9.17) is 4.74 Å². The number of carbonyl (C=O) groups excluding carboxylic acids is 1.